The second-order valence-electron chi connectivity index (χ2n) is 2.75. The molecule has 0 aliphatic heterocycles. The van der Waals surface area contributed by atoms with Crippen molar-refractivity contribution in [1.29, 1.82) is 0 Å². The van der Waals surface area contributed by atoms with E-state index >= 15 is 0 Å². The molecule has 1 rings (SSSR count). The van der Waals surface area contributed by atoms with Gasteiger partial charge in [0.1, 0.15) is 0 Å². The fraction of sp³-hybridized carbons (Fsp3) is 0.333. The second-order valence-corrected chi connectivity index (χ2v) is 3.16. The highest BCUT2D eigenvalue weighted by atomic mass is 35.5. The molecule has 0 atom stereocenters. The zero-order valence-electron chi connectivity index (χ0n) is 7.68. The predicted octanol–water partition coefficient (Wildman–Crippen LogP) is 1.69. The van der Waals surface area contributed by atoms with E-state index in [1.54, 1.807) is 0 Å². The third-order valence-corrected chi connectivity index (χ3v) is 2.12. The van der Waals surface area contributed by atoms with Crippen LogP contribution in [-0.4, -0.2) is 18.8 Å². The first-order valence-electron chi connectivity index (χ1n) is 4.05. The summed E-state index contributed by atoms with van der Waals surface area (Å²) in [5.74, 6) is -1.23. The van der Waals surface area contributed by atoms with Gasteiger partial charge in [0.05, 0.1) is 12.1 Å². The number of aromatic hydroxyl groups is 1. The third kappa shape index (κ3) is 1.91. The number of rotatable bonds is 3. The van der Waals surface area contributed by atoms with E-state index in [1.807, 2.05) is 0 Å². The normalized spacial score (nSPS) is 10.3. The van der Waals surface area contributed by atoms with Crippen LogP contribution in [-0.2, 0) is 6.42 Å². The van der Waals surface area contributed by atoms with Crippen molar-refractivity contribution >= 4 is 11.6 Å². The zero-order valence-corrected chi connectivity index (χ0v) is 8.44. The Bertz CT molecular complexity index is 344. The van der Waals surface area contributed by atoms with Gasteiger partial charge in [-0.2, -0.15) is 0 Å². The van der Waals surface area contributed by atoms with Crippen LogP contribution < -0.4 is 10.5 Å². The number of nitrogens with two attached hydrogens (primary N) is 1. The Morgan fingerprint density at radius 3 is 2.79 bits per heavy atom. The first-order valence-corrected chi connectivity index (χ1v) is 4.43. The fourth-order valence-electron chi connectivity index (χ4n) is 1.18. The van der Waals surface area contributed by atoms with Crippen molar-refractivity contribution in [2.45, 2.75) is 6.42 Å². The highest BCUT2D eigenvalue weighted by Crippen LogP contribution is 2.37. The Morgan fingerprint density at radius 2 is 2.29 bits per heavy atom. The minimum absolute atomic E-state index is 0.0805. The molecule has 0 spiro atoms. The summed E-state index contributed by atoms with van der Waals surface area (Å²) < 4.78 is 17.9. The molecule has 3 N–H and O–H groups in total. The lowest BCUT2D eigenvalue weighted by Gasteiger charge is -2.10. The van der Waals surface area contributed by atoms with Crippen LogP contribution >= 0.6 is 11.6 Å². The quantitative estimate of drug-likeness (QED) is 0.814. The monoisotopic (exact) mass is 219 g/mol. The first-order chi connectivity index (χ1) is 6.61. The van der Waals surface area contributed by atoms with Crippen LogP contribution in [0, 0.1) is 5.82 Å². The van der Waals surface area contributed by atoms with Gasteiger partial charge >= 0.3 is 0 Å². The number of hydrogen-bond donors (Lipinski definition) is 2. The molecule has 3 nitrogen and oxygen atoms in total. The van der Waals surface area contributed by atoms with Crippen molar-refractivity contribution in [3.63, 3.8) is 0 Å². The summed E-state index contributed by atoms with van der Waals surface area (Å²) in [6.45, 7) is 0.346. The summed E-state index contributed by atoms with van der Waals surface area (Å²) in [4.78, 5) is 0. The SMILES string of the molecule is COc1c(O)c(CCN)cc(Cl)c1F. The van der Waals surface area contributed by atoms with E-state index in [0.29, 0.717) is 18.5 Å². The minimum Gasteiger partial charge on any atom is -0.504 e. The lowest BCUT2D eigenvalue weighted by Crippen LogP contribution is -2.04. The van der Waals surface area contributed by atoms with Gasteiger partial charge in [-0.25, -0.2) is 4.39 Å². The van der Waals surface area contributed by atoms with E-state index in [-0.39, 0.29) is 16.5 Å². The Kier molecular flexibility index (Phi) is 3.55. The lowest BCUT2D eigenvalue weighted by molar-refractivity contribution is 0.349. The largest absolute Gasteiger partial charge is 0.504 e. The molecular formula is C9H11ClFNO2. The van der Waals surface area contributed by atoms with Crippen molar-refractivity contribution in [3.05, 3.63) is 22.5 Å². The lowest BCUT2D eigenvalue weighted by atomic mass is 10.1. The van der Waals surface area contributed by atoms with Crippen LogP contribution in [0.2, 0.25) is 5.02 Å². The number of methoxy groups -OCH3 is 1. The maximum Gasteiger partial charge on any atom is 0.198 e. The highest BCUT2D eigenvalue weighted by Gasteiger charge is 2.16. The van der Waals surface area contributed by atoms with Crippen molar-refractivity contribution in [2.75, 3.05) is 13.7 Å². The molecule has 0 saturated heterocycles. The molecule has 5 heteroatoms. The maximum absolute atomic E-state index is 13.2. The van der Waals surface area contributed by atoms with Gasteiger partial charge in [-0.1, -0.05) is 11.6 Å². The summed E-state index contributed by atoms with van der Waals surface area (Å²) in [6, 6.07) is 1.35. The summed E-state index contributed by atoms with van der Waals surface area (Å²) in [5.41, 5.74) is 5.80. The van der Waals surface area contributed by atoms with Crippen LogP contribution in [0.3, 0.4) is 0 Å². The van der Waals surface area contributed by atoms with Crippen molar-refractivity contribution in [3.8, 4) is 11.5 Å². The second kappa shape index (κ2) is 4.48. The van der Waals surface area contributed by atoms with E-state index in [2.05, 4.69) is 0 Å². The van der Waals surface area contributed by atoms with E-state index in [4.69, 9.17) is 22.1 Å². The maximum atomic E-state index is 13.2. The van der Waals surface area contributed by atoms with Gasteiger partial charge < -0.3 is 15.6 Å². The standard InChI is InChI=1S/C9H11ClFNO2/c1-14-9-7(11)6(10)4-5(2-3-12)8(9)13/h4,13H,2-3,12H2,1H3. The predicted molar refractivity (Wildman–Crippen MR) is 52.4 cm³/mol. The van der Waals surface area contributed by atoms with E-state index < -0.39 is 5.82 Å². The van der Waals surface area contributed by atoms with Gasteiger partial charge in [0.15, 0.2) is 17.3 Å². The number of hydrogen-bond acceptors (Lipinski definition) is 3. The van der Waals surface area contributed by atoms with E-state index in [0.717, 1.165) is 0 Å². The number of ether oxygens (including phenoxy) is 1. The van der Waals surface area contributed by atoms with Crippen molar-refractivity contribution in [2.24, 2.45) is 5.73 Å². The summed E-state index contributed by atoms with van der Waals surface area (Å²) in [7, 11) is 1.26. The molecule has 0 heterocycles. The molecular weight excluding hydrogens is 209 g/mol. The molecule has 14 heavy (non-hydrogen) atoms. The number of phenolic OH excluding ortho intramolecular Hbond substituents is 1. The Balaban J connectivity index is 3.27. The molecule has 0 amide bonds. The van der Waals surface area contributed by atoms with E-state index in [9.17, 15) is 9.50 Å². The Morgan fingerprint density at radius 1 is 1.64 bits per heavy atom. The highest BCUT2D eigenvalue weighted by molar-refractivity contribution is 6.31. The van der Waals surface area contributed by atoms with Crippen LogP contribution in [0.4, 0.5) is 4.39 Å². The van der Waals surface area contributed by atoms with Crippen LogP contribution in [0.1, 0.15) is 5.56 Å². The molecule has 0 unspecified atom stereocenters. The van der Waals surface area contributed by atoms with Gasteiger partial charge in [0, 0.05) is 5.56 Å². The Labute approximate surface area is 86.2 Å². The van der Waals surface area contributed by atoms with Crippen molar-refractivity contribution < 1.29 is 14.2 Å². The van der Waals surface area contributed by atoms with Gasteiger partial charge in [0.25, 0.3) is 0 Å². The zero-order chi connectivity index (χ0) is 10.7. The topological polar surface area (TPSA) is 55.5 Å². The molecule has 0 aliphatic carbocycles. The summed E-state index contributed by atoms with van der Waals surface area (Å²) >= 11 is 5.60. The van der Waals surface area contributed by atoms with Crippen molar-refractivity contribution in [1.82, 2.24) is 0 Å². The molecule has 0 saturated carbocycles. The molecule has 0 bridgehead atoms. The van der Waals surface area contributed by atoms with Crippen LogP contribution in [0.25, 0.3) is 0 Å². The average Bonchev–Trinajstić information content (AvgIpc) is 2.16. The van der Waals surface area contributed by atoms with Crippen LogP contribution in [0.15, 0.2) is 6.07 Å². The fourth-order valence-corrected chi connectivity index (χ4v) is 1.39. The van der Waals surface area contributed by atoms with Gasteiger partial charge in [-0.3, -0.25) is 0 Å². The molecule has 0 aromatic heterocycles. The molecule has 78 valence electrons. The van der Waals surface area contributed by atoms with Gasteiger partial charge in [-0.15, -0.1) is 0 Å². The first kappa shape index (κ1) is 11.1. The Hall–Kier alpha value is -1.00. The molecule has 1 aromatic rings. The number of halogens is 2. The molecule has 0 aliphatic rings. The van der Waals surface area contributed by atoms with Gasteiger partial charge in [-0.05, 0) is 19.0 Å². The van der Waals surface area contributed by atoms with Gasteiger partial charge in [0.2, 0.25) is 0 Å². The number of phenols is 1. The molecule has 1 aromatic carbocycles. The molecule has 0 radical (unpaired) electrons. The van der Waals surface area contributed by atoms with Crippen LogP contribution in [0.5, 0.6) is 11.5 Å². The smallest absolute Gasteiger partial charge is 0.198 e. The van der Waals surface area contributed by atoms with E-state index in [1.165, 1.54) is 13.2 Å². The number of benzene rings is 1. The average molecular weight is 220 g/mol. The summed E-state index contributed by atoms with van der Waals surface area (Å²) in [6.07, 6.45) is 0.419. The third-order valence-electron chi connectivity index (χ3n) is 1.85. The summed E-state index contributed by atoms with van der Waals surface area (Å²) in [5, 5.41) is 9.47. The minimum atomic E-state index is -0.757. The molecule has 0 fully saturated rings.